The minimum Gasteiger partial charge on any atom is -0.385 e. The highest BCUT2D eigenvalue weighted by Gasteiger charge is 2.22. The maximum absolute atomic E-state index is 10.6. The molecule has 0 aliphatic rings. The molecule has 2 heteroatoms. The van der Waals surface area contributed by atoms with Crippen molar-refractivity contribution in [3.05, 3.63) is 71.3 Å². The number of aryl methyl sites for hydroxylation is 1. The zero-order valence-corrected chi connectivity index (χ0v) is 11.7. The third-order valence-corrected chi connectivity index (χ3v) is 3.59. The molecule has 0 aliphatic carbocycles. The maximum atomic E-state index is 10.6. The highest BCUT2D eigenvalue weighted by molar-refractivity contribution is 5.35. The highest BCUT2D eigenvalue weighted by Crippen LogP contribution is 2.27. The maximum Gasteiger partial charge on any atom is 0.0991 e. The van der Waals surface area contributed by atoms with E-state index >= 15 is 0 Å². The number of benzene rings is 2. The molecule has 2 rings (SSSR count). The number of aliphatic hydroxyl groups is 1. The average Bonchev–Trinajstić information content (AvgIpc) is 2.48. The fraction of sp³-hybridized carbons (Fsp3) is 0.278. The van der Waals surface area contributed by atoms with Gasteiger partial charge in [0.1, 0.15) is 0 Å². The van der Waals surface area contributed by atoms with Gasteiger partial charge in [-0.25, -0.2) is 0 Å². The van der Waals surface area contributed by atoms with Crippen molar-refractivity contribution in [1.82, 2.24) is 0 Å². The van der Waals surface area contributed by atoms with Gasteiger partial charge in [-0.15, -0.1) is 0 Å². The molecule has 0 bridgehead atoms. The van der Waals surface area contributed by atoms with Crippen LogP contribution in [-0.4, -0.2) is 5.11 Å². The van der Waals surface area contributed by atoms with Gasteiger partial charge in [0.05, 0.1) is 17.2 Å². The first kappa shape index (κ1) is 14.3. The van der Waals surface area contributed by atoms with E-state index in [-0.39, 0.29) is 0 Å². The van der Waals surface area contributed by atoms with Crippen LogP contribution in [0.5, 0.6) is 0 Å². The van der Waals surface area contributed by atoms with Crippen LogP contribution in [0.1, 0.15) is 36.5 Å². The van der Waals surface area contributed by atoms with Crippen LogP contribution in [0.2, 0.25) is 0 Å². The summed E-state index contributed by atoms with van der Waals surface area (Å²) in [7, 11) is 0. The molecule has 0 spiro atoms. The van der Waals surface area contributed by atoms with E-state index in [0.29, 0.717) is 12.0 Å². The Kier molecular flexibility index (Phi) is 4.55. The second kappa shape index (κ2) is 6.36. The normalized spacial score (nSPS) is 13.4. The summed E-state index contributed by atoms with van der Waals surface area (Å²) in [6, 6.07) is 19.6. The molecule has 2 aromatic carbocycles. The van der Waals surface area contributed by atoms with Gasteiger partial charge in [0.25, 0.3) is 0 Å². The molecule has 0 saturated carbocycles. The van der Waals surface area contributed by atoms with E-state index in [9.17, 15) is 5.11 Å². The molecular weight excluding hydrogens is 246 g/mol. The van der Waals surface area contributed by atoms with Gasteiger partial charge in [0, 0.05) is 0 Å². The summed E-state index contributed by atoms with van der Waals surface area (Å²) in [5.41, 5.74) is 1.80. The summed E-state index contributed by atoms with van der Waals surface area (Å²) in [6.07, 6.45) is 2.54. The molecule has 1 N–H and O–H groups in total. The summed E-state index contributed by atoms with van der Waals surface area (Å²) in [5.74, 6) is 0. The van der Waals surface area contributed by atoms with Crippen LogP contribution in [0.3, 0.4) is 0 Å². The van der Waals surface area contributed by atoms with Crippen LogP contribution in [0.4, 0.5) is 0 Å². The lowest BCUT2D eigenvalue weighted by Gasteiger charge is -2.24. The number of hydrogen-bond donors (Lipinski definition) is 1. The van der Waals surface area contributed by atoms with Crippen LogP contribution >= 0.6 is 0 Å². The molecule has 0 aromatic heterocycles. The standard InChI is InChI=1S/C18H19NO/c1-18(20,17-11-5-9-16(13-17)14-19)12-6-10-15-7-3-2-4-8-15/h2-5,7-9,11,13,20H,6,10,12H2,1H3. The summed E-state index contributed by atoms with van der Waals surface area (Å²) < 4.78 is 0. The van der Waals surface area contributed by atoms with Crippen molar-refractivity contribution in [2.24, 2.45) is 0 Å². The topological polar surface area (TPSA) is 44.0 Å². The molecule has 2 nitrogen and oxygen atoms in total. The number of nitriles is 1. The molecule has 1 unspecified atom stereocenters. The van der Waals surface area contributed by atoms with E-state index in [4.69, 9.17) is 5.26 Å². The van der Waals surface area contributed by atoms with E-state index in [1.807, 2.05) is 37.3 Å². The smallest absolute Gasteiger partial charge is 0.0991 e. The Labute approximate surface area is 120 Å². The number of hydrogen-bond acceptors (Lipinski definition) is 2. The van der Waals surface area contributed by atoms with Gasteiger partial charge in [-0.3, -0.25) is 0 Å². The lowest BCUT2D eigenvalue weighted by Crippen LogP contribution is -2.21. The Balaban J connectivity index is 1.98. The summed E-state index contributed by atoms with van der Waals surface area (Å²) in [6.45, 7) is 1.81. The molecule has 0 radical (unpaired) electrons. The SMILES string of the molecule is CC(O)(CCCc1ccccc1)c1cccc(C#N)c1. The Morgan fingerprint density at radius 3 is 2.55 bits per heavy atom. The largest absolute Gasteiger partial charge is 0.385 e. The average molecular weight is 265 g/mol. The van der Waals surface area contributed by atoms with Crippen LogP contribution in [0.15, 0.2) is 54.6 Å². The first-order valence-electron chi connectivity index (χ1n) is 6.89. The minimum atomic E-state index is -0.887. The summed E-state index contributed by atoms with van der Waals surface area (Å²) in [5, 5.41) is 19.5. The first-order chi connectivity index (χ1) is 9.62. The third-order valence-electron chi connectivity index (χ3n) is 3.59. The Morgan fingerprint density at radius 1 is 1.10 bits per heavy atom. The van der Waals surface area contributed by atoms with E-state index < -0.39 is 5.60 Å². The third kappa shape index (κ3) is 3.69. The van der Waals surface area contributed by atoms with Crippen molar-refractivity contribution in [3.63, 3.8) is 0 Å². The van der Waals surface area contributed by atoms with Crippen molar-refractivity contribution in [2.45, 2.75) is 31.8 Å². The number of rotatable bonds is 5. The zero-order valence-electron chi connectivity index (χ0n) is 11.7. The van der Waals surface area contributed by atoms with E-state index in [1.54, 1.807) is 12.1 Å². The van der Waals surface area contributed by atoms with Crippen molar-refractivity contribution in [1.29, 1.82) is 5.26 Å². The van der Waals surface area contributed by atoms with E-state index in [1.165, 1.54) is 5.56 Å². The van der Waals surface area contributed by atoms with Crippen molar-refractivity contribution < 1.29 is 5.11 Å². The van der Waals surface area contributed by atoms with Crippen LogP contribution in [0, 0.1) is 11.3 Å². The molecule has 1 atom stereocenters. The second-order valence-corrected chi connectivity index (χ2v) is 5.31. The van der Waals surface area contributed by atoms with Crippen LogP contribution < -0.4 is 0 Å². The van der Waals surface area contributed by atoms with Gasteiger partial charge in [-0.05, 0) is 49.4 Å². The van der Waals surface area contributed by atoms with E-state index in [0.717, 1.165) is 18.4 Å². The van der Waals surface area contributed by atoms with Gasteiger partial charge in [-0.2, -0.15) is 5.26 Å². The quantitative estimate of drug-likeness (QED) is 0.894. The molecule has 2 aromatic rings. The van der Waals surface area contributed by atoms with Gasteiger partial charge in [-0.1, -0.05) is 42.5 Å². The molecule has 0 heterocycles. The minimum absolute atomic E-state index is 0.589. The molecule has 20 heavy (non-hydrogen) atoms. The van der Waals surface area contributed by atoms with Crippen LogP contribution in [-0.2, 0) is 12.0 Å². The van der Waals surface area contributed by atoms with Gasteiger partial charge in [0.15, 0.2) is 0 Å². The predicted octanol–water partition coefficient (Wildman–Crippen LogP) is 3.79. The fourth-order valence-corrected chi connectivity index (χ4v) is 2.35. The van der Waals surface area contributed by atoms with Gasteiger partial charge >= 0.3 is 0 Å². The Hall–Kier alpha value is -2.11. The molecule has 0 aliphatic heterocycles. The zero-order chi connectivity index (χ0) is 14.4. The molecule has 0 fully saturated rings. The second-order valence-electron chi connectivity index (χ2n) is 5.31. The molecule has 102 valence electrons. The van der Waals surface area contributed by atoms with Gasteiger partial charge in [0.2, 0.25) is 0 Å². The lowest BCUT2D eigenvalue weighted by molar-refractivity contribution is 0.0456. The highest BCUT2D eigenvalue weighted by atomic mass is 16.3. The Bertz CT molecular complexity index is 596. The fourth-order valence-electron chi connectivity index (χ4n) is 2.35. The van der Waals surface area contributed by atoms with E-state index in [2.05, 4.69) is 18.2 Å². The predicted molar refractivity (Wildman–Crippen MR) is 80.1 cm³/mol. The number of nitrogens with zero attached hydrogens (tertiary/aromatic N) is 1. The molecule has 0 amide bonds. The van der Waals surface area contributed by atoms with Crippen molar-refractivity contribution >= 4 is 0 Å². The van der Waals surface area contributed by atoms with Crippen molar-refractivity contribution in [2.75, 3.05) is 0 Å². The molecule has 0 saturated heterocycles. The Morgan fingerprint density at radius 2 is 1.85 bits per heavy atom. The summed E-state index contributed by atoms with van der Waals surface area (Å²) >= 11 is 0. The lowest BCUT2D eigenvalue weighted by atomic mass is 9.89. The molecular formula is C18H19NO. The van der Waals surface area contributed by atoms with Crippen molar-refractivity contribution in [3.8, 4) is 6.07 Å². The van der Waals surface area contributed by atoms with Gasteiger partial charge < -0.3 is 5.11 Å². The first-order valence-corrected chi connectivity index (χ1v) is 6.89. The summed E-state index contributed by atoms with van der Waals surface area (Å²) in [4.78, 5) is 0. The van der Waals surface area contributed by atoms with Crippen LogP contribution in [0.25, 0.3) is 0 Å². The monoisotopic (exact) mass is 265 g/mol.